The van der Waals surface area contributed by atoms with Crippen LogP contribution in [0, 0.1) is 6.92 Å². The maximum absolute atomic E-state index is 5.76. The number of unbranched alkanes of at least 4 members (excludes halogenated alkanes) is 1. The van der Waals surface area contributed by atoms with Crippen molar-refractivity contribution in [2.45, 2.75) is 33.2 Å². The third-order valence-electron chi connectivity index (χ3n) is 2.77. The smallest absolute Gasteiger partial charge is 0.0438 e. The average molecular weight is 206 g/mol. The molecule has 0 aromatic heterocycles. The van der Waals surface area contributed by atoms with Crippen molar-refractivity contribution in [1.82, 2.24) is 0 Å². The first-order valence-electron chi connectivity index (χ1n) is 5.70. The third-order valence-corrected chi connectivity index (χ3v) is 2.77. The summed E-state index contributed by atoms with van der Waals surface area (Å²) in [6.07, 6.45) is 2.46. The maximum atomic E-state index is 5.76. The van der Waals surface area contributed by atoms with Gasteiger partial charge in [0.2, 0.25) is 0 Å². The van der Waals surface area contributed by atoms with Crippen LogP contribution in [0.25, 0.3) is 0 Å². The fourth-order valence-corrected chi connectivity index (χ4v) is 1.94. The predicted molar refractivity (Wildman–Crippen MR) is 67.2 cm³/mol. The molecule has 0 saturated carbocycles. The first kappa shape index (κ1) is 12.1. The van der Waals surface area contributed by atoms with Crippen molar-refractivity contribution in [2.24, 2.45) is 5.73 Å². The van der Waals surface area contributed by atoms with E-state index in [-0.39, 0.29) is 0 Å². The monoisotopic (exact) mass is 206 g/mol. The number of benzene rings is 1. The molecular weight excluding hydrogens is 184 g/mol. The largest absolute Gasteiger partial charge is 0.374 e. The molecule has 1 rings (SSSR count). The van der Waals surface area contributed by atoms with Gasteiger partial charge in [-0.2, -0.15) is 0 Å². The van der Waals surface area contributed by atoms with Crippen LogP contribution in [0.3, 0.4) is 0 Å². The molecule has 0 bridgehead atoms. The standard InChI is InChI=1S/C13H22N2/c1-4-5-9-15(3)13-11(2)7-6-8-12(13)10-14/h6-8H,4-5,9-10,14H2,1-3H3. The highest BCUT2D eigenvalue weighted by Crippen LogP contribution is 2.23. The van der Waals surface area contributed by atoms with Gasteiger partial charge in [0.1, 0.15) is 0 Å². The molecule has 0 aliphatic carbocycles. The number of hydrogen-bond donors (Lipinski definition) is 1. The van der Waals surface area contributed by atoms with Crippen molar-refractivity contribution >= 4 is 5.69 Å². The summed E-state index contributed by atoms with van der Waals surface area (Å²) in [5.41, 5.74) is 9.63. The number of nitrogens with zero attached hydrogens (tertiary/aromatic N) is 1. The molecule has 0 radical (unpaired) electrons. The Labute approximate surface area is 93.1 Å². The van der Waals surface area contributed by atoms with Gasteiger partial charge in [-0.3, -0.25) is 0 Å². The lowest BCUT2D eigenvalue weighted by atomic mass is 10.1. The number of nitrogens with two attached hydrogens (primary N) is 1. The molecule has 0 heterocycles. The van der Waals surface area contributed by atoms with Gasteiger partial charge in [0.15, 0.2) is 0 Å². The lowest BCUT2D eigenvalue weighted by Gasteiger charge is -2.24. The Morgan fingerprint density at radius 2 is 2.07 bits per heavy atom. The van der Waals surface area contributed by atoms with Crippen molar-refractivity contribution < 1.29 is 0 Å². The summed E-state index contributed by atoms with van der Waals surface area (Å²) < 4.78 is 0. The summed E-state index contributed by atoms with van der Waals surface area (Å²) in [6, 6.07) is 6.34. The minimum atomic E-state index is 0.619. The first-order chi connectivity index (χ1) is 7.20. The van der Waals surface area contributed by atoms with Crippen LogP contribution in [0.15, 0.2) is 18.2 Å². The van der Waals surface area contributed by atoms with Gasteiger partial charge in [-0.15, -0.1) is 0 Å². The molecular formula is C13H22N2. The zero-order valence-electron chi connectivity index (χ0n) is 10.1. The summed E-state index contributed by atoms with van der Waals surface area (Å²) in [5, 5.41) is 0. The molecule has 0 aliphatic rings. The predicted octanol–water partition coefficient (Wildman–Crippen LogP) is 2.69. The summed E-state index contributed by atoms with van der Waals surface area (Å²) in [4.78, 5) is 2.32. The van der Waals surface area contributed by atoms with Crippen LogP contribution >= 0.6 is 0 Å². The van der Waals surface area contributed by atoms with Gasteiger partial charge in [-0.1, -0.05) is 31.5 Å². The van der Waals surface area contributed by atoms with Gasteiger partial charge in [0.05, 0.1) is 0 Å². The van der Waals surface area contributed by atoms with E-state index in [4.69, 9.17) is 5.73 Å². The summed E-state index contributed by atoms with van der Waals surface area (Å²) in [7, 11) is 2.15. The van der Waals surface area contributed by atoms with Gasteiger partial charge >= 0.3 is 0 Å². The molecule has 0 atom stereocenters. The topological polar surface area (TPSA) is 29.3 Å². The Kier molecular flexibility index (Phi) is 4.63. The lowest BCUT2D eigenvalue weighted by molar-refractivity contribution is 0.761. The van der Waals surface area contributed by atoms with Crippen molar-refractivity contribution in [3.05, 3.63) is 29.3 Å². The molecule has 2 nitrogen and oxygen atoms in total. The minimum absolute atomic E-state index is 0.619. The van der Waals surface area contributed by atoms with Gasteiger partial charge in [0.25, 0.3) is 0 Å². The molecule has 0 spiro atoms. The number of para-hydroxylation sites is 1. The molecule has 15 heavy (non-hydrogen) atoms. The Morgan fingerprint density at radius 1 is 1.33 bits per heavy atom. The van der Waals surface area contributed by atoms with E-state index in [1.807, 2.05) is 0 Å². The van der Waals surface area contributed by atoms with Gasteiger partial charge < -0.3 is 10.6 Å². The van der Waals surface area contributed by atoms with Crippen molar-refractivity contribution in [2.75, 3.05) is 18.5 Å². The highest BCUT2D eigenvalue weighted by atomic mass is 15.1. The molecule has 0 fully saturated rings. The van der Waals surface area contributed by atoms with Crippen LogP contribution in [0.4, 0.5) is 5.69 Å². The Bertz CT molecular complexity index is 307. The summed E-state index contributed by atoms with van der Waals surface area (Å²) in [5.74, 6) is 0. The van der Waals surface area contributed by atoms with Gasteiger partial charge in [-0.25, -0.2) is 0 Å². The van der Waals surface area contributed by atoms with E-state index >= 15 is 0 Å². The fourth-order valence-electron chi connectivity index (χ4n) is 1.94. The molecule has 2 N–H and O–H groups in total. The molecule has 1 aromatic rings. The number of rotatable bonds is 5. The van der Waals surface area contributed by atoms with Crippen LogP contribution in [0.2, 0.25) is 0 Å². The first-order valence-corrected chi connectivity index (χ1v) is 5.70. The second-order valence-electron chi connectivity index (χ2n) is 4.06. The number of anilines is 1. The van der Waals surface area contributed by atoms with E-state index < -0.39 is 0 Å². The van der Waals surface area contributed by atoms with E-state index in [9.17, 15) is 0 Å². The van der Waals surface area contributed by atoms with E-state index in [1.54, 1.807) is 0 Å². The fraction of sp³-hybridized carbons (Fsp3) is 0.538. The lowest BCUT2D eigenvalue weighted by Crippen LogP contribution is -2.21. The summed E-state index contributed by atoms with van der Waals surface area (Å²) >= 11 is 0. The maximum Gasteiger partial charge on any atom is 0.0438 e. The zero-order valence-corrected chi connectivity index (χ0v) is 10.1. The van der Waals surface area contributed by atoms with Crippen LogP contribution < -0.4 is 10.6 Å². The van der Waals surface area contributed by atoms with E-state index in [1.165, 1.54) is 29.7 Å². The average Bonchev–Trinajstić information content (AvgIpc) is 2.25. The van der Waals surface area contributed by atoms with Crippen LogP contribution in [0.5, 0.6) is 0 Å². The quantitative estimate of drug-likeness (QED) is 0.802. The molecule has 0 unspecified atom stereocenters. The van der Waals surface area contributed by atoms with Crippen molar-refractivity contribution in [1.29, 1.82) is 0 Å². The second kappa shape index (κ2) is 5.76. The zero-order chi connectivity index (χ0) is 11.3. The molecule has 0 aliphatic heterocycles. The minimum Gasteiger partial charge on any atom is -0.374 e. The second-order valence-corrected chi connectivity index (χ2v) is 4.06. The summed E-state index contributed by atoms with van der Waals surface area (Å²) in [6.45, 7) is 6.09. The molecule has 0 saturated heterocycles. The Balaban J connectivity index is 2.90. The SMILES string of the molecule is CCCCN(C)c1c(C)cccc1CN. The highest BCUT2D eigenvalue weighted by Gasteiger charge is 2.08. The Hall–Kier alpha value is -1.02. The van der Waals surface area contributed by atoms with E-state index in [2.05, 4.69) is 44.0 Å². The van der Waals surface area contributed by atoms with Crippen LogP contribution in [-0.4, -0.2) is 13.6 Å². The van der Waals surface area contributed by atoms with Crippen LogP contribution in [-0.2, 0) is 6.54 Å². The normalized spacial score (nSPS) is 10.4. The molecule has 2 heteroatoms. The van der Waals surface area contributed by atoms with E-state index in [0.717, 1.165) is 6.54 Å². The molecule has 1 aromatic carbocycles. The number of aryl methyl sites for hydroxylation is 1. The number of hydrogen-bond acceptors (Lipinski definition) is 2. The van der Waals surface area contributed by atoms with Crippen molar-refractivity contribution in [3.63, 3.8) is 0 Å². The van der Waals surface area contributed by atoms with Crippen LogP contribution in [0.1, 0.15) is 30.9 Å². The van der Waals surface area contributed by atoms with E-state index in [0.29, 0.717) is 6.54 Å². The molecule has 84 valence electrons. The van der Waals surface area contributed by atoms with Crippen molar-refractivity contribution in [3.8, 4) is 0 Å². The Morgan fingerprint density at radius 3 is 2.67 bits per heavy atom. The molecule has 0 amide bonds. The van der Waals surface area contributed by atoms with Gasteiger partial charge in [-0.05, 0) is 24.5 Å². The van der Waals surface area contributed by atoms with Gasteiger partial charge in [0, 0.05) is 25.8 Å². The highest BCUT2D eigenvalue weighted by molar-refractivity contribution is 5.58. The third kappa shape index (κ3) is 2.96.